The normalized spacial score (nSPS) is 13.8. The maximum atomic E-state index is 5.60. The zero-order valence-electron chi connectivity index (χ0n) is 10.6. The van der Waals surface area contributed by atoms with Crippen LogP contribution >= 0.6 is 11.8 Å². The third-order valence-corrected chi connectivity index (χ3v) is 4.01. The molecule has 0 saturated carbocycles. The SMILES string of the molecule is Cc1ccccc1SCC(NN)C(C)(C)C. The second kappa shape index (κ2) is 5.71. The molecule has 3 N–H and O–H groups in total. The Morgan fingerprint density at radius 2 is 1.94 bits per heavy atom. The highest BCUT2D eigenvalue weighted by molar-refractivity contribution is 7.99. The molecule has 0 heterocycles. The Morgan fingerprint density at radius 3 is 2.44 bits per heavy atom. The standard InChI is InChI=1S/C13H22N2S/c1-10-7-5-6-8-11(10)16-9-12(15-14)13(2,3)4/h5-8,12,15H,9,14H2,1-4H3. The minimum atomic E-state index is 0.185. The highest BCUT2D eigenvalue weighted by Gasteiger charge is 2.23. The van der Waals surface area contributed by atoms with E-state index in [-0.39, 0.29) is 5.41 Å². The van der Waals surface area contributed by atoms with Crippen molar-refractivity contribution in [2.24, 2.45) is 11.3 Å². The van der Waals surface area contributed by atoms with Crippen LogP contribution in [0.15, 0.2) is 29.2 Å². The number of thioether (sulfide) groups is 1. The molecule has 0 fully saturated rings. The van der Waals surface area contributed by atoms with Crippen LogP contribution in [0.1, 0.15) is 26.3 Å². The molecule has 0 amide bonds. The third-order valence-electron chi connectivity index (χ3n) is 2.75. The second-order valence-electron chi connectivity index (χ2n) is 5.16. The Hall–Kier alpha value is -0.510. The minimum absolute atomic E-state index is 0.185. The van der Waals surface area contributed by atoms with Crippen molar-refractivity contribution >= 4 is 11.8 Å². The first-order chi connectivity index (χ1) is 7.45. The van der Waals surface area contributed by atoms with Crippen LogP contribution in [0.5, 0.6) is 0 Å². The lowest BCUT2D eigenvalue weighted by Gasteiger charge is -2.29. The van der Waals surface area contributed by atoms with E-state index in [2.05, 4.69) is 57.4 Å². The minimum Gasteiger partial charge on any atom is -0.271 e. The van der Waals surface area contributed by atoms with Crippen molar-refractivity contribution in [3.63, 3.8) is 0 Å². The molecule has 0 bridgehead atoms. The van der Waals surface area contributed by atoms with E-state index in [1.807, 2.05) is 11.8 Å². The molecule has 1 atom stereocenters. The van der Waals surface area contributed by atoms with E-state index in [9.17, 15) is 0 Å². The van der Waals surface area contributed by atoms with Gasteiger partial charge in [0.25, 0.3) is 0 Å². The number of nitrogens with two attached hydrogens (primary N) is 1. The monoisotopic (exact) mass is 238 g/mol. The topological polar surface area (TPSA) is 38.0 Å². The van der Waals surface area contributed by atoms with Crippen molar-refractivity contribution < 1.29 is 0 Å². The number of hydrogen-bond acceptors (Lipinski definition) is 3. The lowest BCUT2D eigenvalue weighted by molar-refractivity contribution is 0.294. The van der Waals surface area contributed by atoms with Gasteiger partial charge in [0.15, 0.2) is 0 Å². The summed E-state index contributed by atoms with van der Waals surface area (Å²) in [4.78, 5) is 1.34. The Morgan fingerprint density at radius 1 is 1.31 bits per heavy atom. The summed E-state index contributed by atoms with van der Waals surface area (Å²) in [6.07, 6.45) is 0. The molecule has 16 heavy (non-hydrogen) atoms. The molecule has 2 nitrogen and oxygen atoms in total. The molecule has 1 aromatic carbocycles. The molecule has 0 aliphatic heterocycles. The fourth-order valence-corrected chi connectivity index (χ4v) is 2.85. The summed E-state index contributed by atoms with van der Waals surface area (Å²) < 4.78 is 0. The van der Waals surface area contributed by atoms with Crippen LogP contribution in [0.4, 0.5) is 0 Å². The predicted molar refractivity (Wildman–Crippen MR) is 72.5 cm³/mol. The van der Waals surface area contributed by atoms with Gasteiger partial charge in [-0.3, -0.25) is 11.3 Å². The van der Waals surface area contributed by atoms with Crippen molar-refractivity contribution in [2.75, 3.05) is 5.75 Å². The Bertz CT molecular complexity index is 331. The van der Waals surface area contributed by atoms with Crippen LogP contribution in [0, 0.1) is 12.3 Å². The highest BCUT2D eigenvalue weighted by Crippen LogP contribution is 2.27. The summed E-state index contributed by atoms with van der Waals surface area (Å²) >= 11 is 1.86. The molecule has 3 heteroatoms. The first-order valence-corrected chi connectivity index (χ1v) is 6.58. The van der Waals surface area contributed by atoms with Crippen LogP contribution < -0.4 is 11.3 Å². The molecule has 90 valence electrons. The summed E-state index contributed by atoms with van der Waals surface area (Å²) in [5.41, 5.74) is 4.43. The van der Waals surface area contributed by atoms with Crippen molar-refractivity contribution in [1.29, 1.82) is 0 Å². The number of aryl methyl sites for hydroxylation is 1. The van der Waals surface area contributed by atoms with Crippen LogP contribution in [-0.2, 0) is 0 Å². The lowest BCUT2D eigenvalue weighted by atomic mass is 9.88. The lowest BCUT2D eigenvalue weighted by Crippen LogP contribution is -2.46. The number of nitrogens with one attached hydrogen (secondary N) is 1. The average molecular weight is 238 g/mol. The van der Waals surface area contributed by atoms with Crippen molar-refractivity contribution in [3.05, 3.63) is 29.8 Å². The summed E-state index contributed by atoms with van der Waals surface area (Å²) in [5, 5.41) is 0. The molecule has 0 radical (unpaired) electrons. The molecule has 1 rings (SSSR count). The zero-order valence-corrected chi connectivity index (χ0v) is 11.4. The van der Waals surface area contributed by atoms with Gasteiger partial charge in [0.05, 0.1) is 0 Å². The average Bonchev–Trinajstić information content (AvgIpc) is 2.19. The van der Waals surface area contributed by atoms with Gasteiger partial charge in [-0.05, 0) is 24.0 Å². The van der Waals surface area contributed by atoms with E-state index in [1.54, 1.807) is 0 Å². The van der Waals surface area contributed by atoms with Gasteiger partial charge < -0.3 is 0 Å². The van der Waals surface area contributed by atoms with Crippen LogP contribution in [0.25, 0.3) is 0 Å². The first kappa shape index (κ1) is 13.6. The van der Waals surface area contributed by atoms with Crippen LogP contribution in [-0.4, -0.2) is 11.8 Å². The van der Waals surface area contributed by atoms with Gasteiger partial charge in [-0.1, -0.05) is 39.0 Å². The van der Waals surface area contributed by atoms with Gasteiger partial charge in [-0.25, -0.2) is 0 Å². The molecule has 1 unspecified atom stereocenters. The molecule has 0 saturated heterocycles. The number of hydrogen-bond donors (Lipinski definition) is 2. The summed E-state index contributed by atoms with van der Waals surface area (Å²) in [6, 6.07) is 8.77. The van der Waals surface area contributed by atoms with E-state index in [0.717, 1.165) is 5.75 Å². The molecular formula is C13H22N2S. The molecule has 0 aromatic heterocycles. The summed E-state index contributed by atoms with van der Waals surface area (Å²) in [5.74, 6) is 6.59. The van der Waals surface area contributed by atoms with Crippen molar-refractivity contribution in [1.82, 2.24) is 5.43 Å². The molecule has 1 aromatic rings. The molecule has 0 aliphatic carbocycles. The van der Waals surface area contributed by atoms with Gasteiger partial charge in [0.2, 0.25) is 0 Å². The summed E-state index contributed by atoms with van der Waals surface area (Å²) in [7, 11) is 0. The maximum absolute atomic E-state index is 5.60. The van der Waals surface area contributed by atoms with E-state index >= 15 is 0 Å². The van der Waals surface area contributed by atoms with Gasteiger partial charge in [-0.2, -0.15) is 0 Å². The van der Waals surface area contributed by atoms with E-state index < -0.39 is 0 Å². The number of hydrazine groups is 1. The van der Waals surface area contributed by atoms with Crippen molar-refractivity contribution in [3.8, 4) is 0 Å². The number of benzene rings is 1. The van der Waals surface area contributed by atoms with Crippen LogP contribution in [0.2, 0.25) is 0 Å². The maximum Gasteiger partial charge on any atom is 0.0353 e. The smallest absolute Gasteiger partial charge is 0.0353 e. The molecule has 0 spiro atoms. The molecule has 0 aliphatic rings. The van der Waals surface area contributed by atoms with Crippen molar-refractivity contribution in [2.45, 2.75) is 38.6 Å². The quantitative estimate of drug-likeness (QED) is 0.481. The second-order valence-corrected chi connectivity index (χ2v) is 6.22. The first-order valence-electron chi connectivity index (χ1n) is 5.59. The van der Waals surface area contributed by atoms with E-state index in [0.29, 0.717) is 6.04 Å². The Balaban J connectivity index is 2.60. The van der Waals surface area contributed by atoms with E-state index in [4.69, 9.17) is 5.84 Å². The zero-order chi connectivity index (χ0) is 12.2. The largest absolute Gasteiger partial charge is 0.271 e. The third kappa shape index (κ3) is 3.81. The Labute approximate surface area is 103 Å². The predicted octanol–water partition coefficient (Wildman–Crippen LogP) is 2.97. The Kier molecular flexibility index (Phi) is 4.84. The fraction of sp³-hybridized carbons (Fsp3) is 0.538. The molecular weight excluding hydrogens is 216 g/mol. The highest BCUT2D eigenvalue weighted by atomic mass is 32.2. The van der Waals surface area contributed by atoms with Gasteiger partial charge in [-0.15, -0.1) is 11.8 Å². The fourth-order valence-electron chi connectivity index (χ4n) is 1.44. The van der Waals surface area contributed by atoms with Gasteiger partial charge >= 0.3 is 0 Å². The van der Waals surface area contributed by atoms with Gasteiger partial charge in [0.1, 0.15) is 0 Å². The van der Waals surface area contributed by atoms with E-state index in [1.165, 1.54) is 10.5 Å². The number of rotatable bonds is 4. The summed E-state index contributed by atoms with van der Waals surface area (Å²) in [6.45, 7) is 8.76. The van der Waals surface area contributed by atoms with Gasteiger partial charge in [0, 0.05) is 16.7 Å². The van der Waals surface area contributed by atoms with Crippen LogP contribution in [0.3, 0.4) is 0 Å².